The van der Waals surface area contributed by atoms with E-state index in [-0.39, 0.29) is 53.0 Å². The molecule has 12 heteroatoms. The van der Waals surface area contributed by atoms with Gasteiger partial charge in [0.15, 0.2) is 0 Å². The number of nitrogens with zero attached hydrogens (tertiary/aromatic N) is 2. The van der Waals surface area contributed by atoms with Crippen LogP contribution in [0.5, 0.6) is 0 Å². The van der Waals surface area contributed by atoms with E-state index in [0.29, 0.717) is 0 Å². The van der Waals surface area contributed by atoms with Crippen molar-refractivity contribution in [2.75, 3.05) is 6.54 Å². The SMILES string of the molecule is NC(=O)On1cc(CC(=O)N2C[C@H](F)C[C@H]2C(=O)NCc2cccc(Cl)c2F)c2cc(F)ccc21. The molecule has 0 radical (unpaired) electrons. The van der Waals surface area contributed by atoms with E-state index in [1.165, 1.54) is 30.5 Å². The molecule has 1 saturated heterocycles. The number of aromatic nitrogens is 1. The summed E-state index contributed by atoms with van der Waals surface area (Å²) in [5, 5.41) is 2.70. The number of hydrogen-bond acceptors (Lipinski definition) is 4. The van der Waals surface area contributed by atoms with Gasteiger partial charge in [-0.25, -0.2) is 18.0 Å². The molecule has 0 aliphatic carbocycles. The molecule has 1 aliphatic rings. The third-order valence-electron chi connectivity index (χ3n) is 5.70. The zero-order chi connectivity index (χ0) is 25.3. The van der Waals surface area contributed by atoms with Crippen molar-refractivity contribution in [1.82, 2.24) is 14.9 Å². The van der Waals surface area contributed by atoms with Gasteiger partial charge in [-0.2, -0.15) is 4.73 Å². The fraction of sp³-hybridized carbons (Fsp3) is 0.261. The number of primary amides is 1. The molecule has 0 spiro atoms. The van der Waals surface area contributed by atoms with Crippen molar-refractivity contribution in [3.8, 4) is 0 Å². The molecule has 1 fully saturated rings. The number of hydrogen-bond donors (Lipinski definition) is 2. The lowest BCUT2D eigenvalue weighted by molar-refractivity contribution is -0.138. The van der Waals surface area contributed by atoms with Crippen LogP contribution in [0.3, 0.4) is 0 Å². The van der Waals surface area contributed by atoms with Gasteiger partial charge in [-0.3, -0.25) is 9.59 Å². The van der Waals surface area contributed by atoms with Gasteiger partial charge >= 0.3 is 6.09 Å². The fourth-order valence-corrected chi connectivity index (χ4v) is 4.30. The van der Waals surface area contributed by atoms with Crippen molar-refractivity contribution in [2.24, 2.45) is 5.73 Å². The standard InChI is InChI=1S/C23H20ClF3N4O4/c24-17-3-1-2-12(21(17)27)9-29-22(33)19-8-15(26)11-30(19)20(32)6-13-10-31(35-23(28)34)18-5-4-14(25)7-16(13)18/h1-5,7,10,15,19H,6,8-9,11H2,(H2,28,34)(H,29,33)/t15-,19+/m1/s1. The quantitative estimate of drug-likeness (QED) is 0.534. The summed E-state index contributed by atoms with van der Waals surface area (Å²) in [7, 11) is 0. The molecular weight excluding hydrogens is 489 g/mol. The number of alkyl halides is 1. The van der Waals surface area contributed by atoms with Crippen LogP contribution in [0.15, 0.2) is 42.6 Å². The first kappa shape index (κ1) is 24.4. The summed E-state index contributed by atoms with van der Waals surface area (Å²) in [5.74, 6) is -2.51. The molecule has 3 amide bonds. The van der Waals surface area contributed by atoms with E-state index < -0.39 is 41.8 Å². The summed E-state index contributed by atoms with van der Waals surface area (Å²) >= 11 is 5.75. The minimum atomic E-state index is -1.44. The number of carbonyl (C=O) groups is 3. The second-order valence-electron chi connectivity index (χ2n) is 8.05. The molecule has 1 aromatic heterocycles. The monoisotopic (exact) mass is 508 g/mol. The van der Waals surface area contributed by atoms with E-state index >= 15 is 0 Å². The van der Waals surface area contributed by atoms with Gasteiger partial charge in [-0.15, -0.1) is 0 Å². The molecule has 2 heterocycles. The summed E-state index contributed by atoms with van der Waals surface area (Å²) < 4.78 is 43.2. The van der Waals surface area contributed by atoms with E-state index in [2.05, 4.69) is 5.32 Å². The largest absolute Gasteiger partial charge is 0.429 e. The lowest BCUT2D eigenvalue weighted by Gasteiger charge is -2.23. The first-order chi connectivity index (χ1) is 16.6. The molecule has 8 nitrogen and oxygen atoms in total. The van der Waals surface area contributed by atoms with Crippen molar-refractivity contribution < 1.29 is 32.4 Å². The van der Waals surface area contributed by atoms with Crippen molar-refractivity contribution in [3.05, 3.63) is 70.4 Å². The predicted octanol–water partition coefficient (Wildman–Crippen LogP) is 2.88. The average Bonchev–Trinajstić information content (AvgIpc) is 3.34. The second kappa shape index (κ2) is 9.87. The van der Waals surface area contributed by atoms with Crippen molar-refractivity contribution in [1.29, 1.82) is 0 Å². The highest BCUT2D eigenvalue weighted by atomic mass is 35.5. The lowest BCUT2D eigenvalue weighted by atomic mass is 10.1. The Morgan fingerprint density at radius 3 is 2.69 bits per heavy atom. The van der Waals surface area contributed by atoms with Gasteiger partial charge in [0.05, 0.1) is 23.5 Å². The Kier molecular flexibility index (Phi) is 6.88. The van der Waals surface area contributed by atoms with Crippen LogP contribution in [0.1, 0.15) is 17.5 Å². The molecule has 1 aliphatic heterocycles. The number of halogens is 4. The normalized spacial score (nSPS) is 17.5. The van der Waals surface area contributed by atoms with Crippen molar-refractivity contribution >= 4 is 40.4 Å². The number of benzene rings is 2. The number of rotatable bonds is 6. The van der Waals surface area contributed by atoms with Gasteiger partial charge in [0.2, 0.25) is 11.8 Å². The molecule has 3 aromatic rings. The third kappa shape index (κ3) is 5.19. The van der Waals surface area contributed by atoms with E-state index in [1.54, 1.807) is 0 Å². The highest BCUT2D eigenvalue weighted by Gasteiger charge is 2.39. The number of likely N-dealkylation sites (tertiary alicyclic amines) is 1. The highest BCUT2D eigenvalue weighted by Crippen LogP contribution is 2.26. The molecule has 0 unspecified atom stereocenters. The van der Waals surface area contributed by atoms with Crippen molar-refractivity contribution in [2.45, 2.75) is 31.6 Å². The zero-order valence-corrected chi connectivity index (χ0v) is 18.9. The van der Waals surface area contributed by atoms with Gasteiger partial charge in [0, 0.05) is 30.1 Å². The highest BCUT2D eigenvalue weighted by molar-refractivity contribution is 6.30. The van der Waals surface area contributed by atoms with Gasteiger partial charge in [0.1, 0.15) is 23.8 Å². The topological polar surface area (TPSA) is 107 Å². The number of nitrogens with one attached hydrogen (secondary N) is 1. The Balaban J connectivity index is 1.52. The predicted molar refractivity (Wildman–Crippen MR) is 120 cm³/mol. The molecule has 0 saturated carbocycles. The first-order valence-electron chi connectivity index (χ1n) is 10.6. The fourth-order valence-electron chi connectivity index (χ4n) is 4.11. The van der Waals surface area contributed by atoms with Gasteiger partial charge < -0.3 is 20.8 Å². The molecule has 3 N–H and O–H groups in total. The van der Waals surface area contributed by atoms with E-state index in [1.807, 2.05) is 0 Å². The van der Waals surface area contributed by atoms with E-state index in [0.717, 1.165) is 21.8 Å². The smallest absolute Gasteiger partial charge is 0.350 e. The Bertz CT molecular complexity index is 1320. The number of fused-ring (bicyclic) bond motifs is 1. The van der Waals surface area contributed by atoms with Crippen LogP contribution in [-0.4, -0.2) is 46.3 Å². The summed E-state index contributed by atoms with van der Waals surface area (Å²) in [4.78, 5) is 43.0. The molecule has 0 bridgehead atoms. The van der Waals surface area contributed by atoms with Crippen LogP contribution >= 0.6 is 11.6 Å². The Labute approximate surface area is 202 Å². The Morgan fingerprint density at radius 1 is 1.17 bits per heavy atom. The van der Waals surface area contributed by atoms with Crippen LogP contribution in [-0.2, 0) is 22.6 Å². The number of carbonyl (C=O) groups excluding carboxylic acids is 3. The van der Waals surface area contributed by atoms with Crippen LogP contribution in [0.4, 0.5) is 18.0 Å². The van der Waals surface area contributed by atoms with Crippen molar-refractivity contribution in [3.63, 3.8) is 0 Å². The van der Waals surface area contributed by atoms with Gasteiger partial charge in [-0.1, -0.05) is 23.7 Å². The van der Waals surface area contributed by atoms with Crippen LogP contribution in [0, 0.1) is 11.6 Å². The average molecular weight is 509 g/mol. The number of nitrogens with two attached hydrogens (primary N) is 1. The van der Waals surface area contributed by atoms with E-state index in [4.69, 9.17) is 22.2 Å². The van der Waals surface area contributed by atoms with Gasteiger partial charge in [0.25, 0.3) is 0 Å². The molecule has 2 atom stereocenters. The van der Waals surface area contributed by atoms with Crippen LogP contribution in [0.25, 0.3) is 10.9 Å². The maximum atomic E-state index is 14.2. The summed E-state index contributed by atoms with van der Waals surface area (Å²) in [6.07, 6.45) is -1.80. The minimum absolute atomic E-state index is 0.103. The summed E-state index contributed by atoms with van der Waals surface area (Å²) in [6.45, 7) is -0.509. The zero-order valence-electron chi connectivity index (χ0n) is 18.1. The maximum Gasteiger partial charge on any atom is 0.429 e. The van der Waals surface area contributed by atoms with Crippen LogP contribution in [0.2, 0.25) is 5.02 Å². The van der Waals surface area contributed by atoms with Crippen LogP contribution < -0.4 is 15.9 Å². The molecule has 4 rings (SSSR count). The van der Waals surface area contributed by atoms with E-state index in [9.17, 15) is 27.6 Å². The summed E-state index contributed by atoms with van der Waals surface area (Å²) in [6, 6.07) is 6.87. The minimum Gasteiger partial charge on any atom is -0.350 e. The molecule has 2 aromatic carbocycles. The summed E-state index contributed by atoms with van der Waals surface area (Å²) in [5.41, 5.74) is 5.78. The molecular formula is C23H20ClF3N4O4. The lowest BCUT2D eigenvalue weighted by Crippen LogP contribution is -2.46. The second-order valence-corrected chi connectivity index (χ2v) is 8.46. The van der Waals surface area contributed by atoms with Gasteiger partial charge in [-0.05, 0) is 29.8 Å². The Morgan fingerprint density at radius 2 is 1.94 bits per heavy atom. The Hall–Kier alpha value is -3.73. The maximum absolute atomic E-state index is 14.2. The third-order valence-corrected chi connectivity index (χ3v) is 5.99. The molecule has 184 valence electrons. The molecule has 35 heavy (non-hydrogen) atoms. The first-order valence-corrected chi connectivity index (χ1v) is 10.9. The number of amides is 3.